The number of urea groups is 1. The van der Waals surface area contributed by atoms with Gasteiger partial charge in [-0.05, 0) is 81.5 Å². The molecule has 1 aliphatic heterocycles. The topological polar surface area (TPSA) is 85.0 Å². The van der Waals surface area contributed by atoms with E-state index in [1.807, 2.05) is 6.07 Å². The Hall–Kier alpha value is -3.60. The van der Waals surface area contributed by atoms with Crippen LogP contribution in [0.2, 0.25) is 0 Å². The van der Waals surface area contributed by atoms with E-state index in [0.29, 0.717) is 56.4 Å². The monoisotopic (exact) mass is 559 g/mol. The normalized spacial score (nSPS) is 16.4. The van der Waals surface area contributed by atoms with Gasteiger partial charge in [0.2, 0.25) is 0 Å². The molecule has 0 aromatic heterocycles. The third kappa shape index (κ3) is 7.74. The minimum atomic E-state index is -4.98. The molecule has 216 valence electrons. The number of rotatable bonds is 7. The first-order valence-corrected chi connectivity index (χ1v) is 13.5. The first-order chi connectivity index (χ1) is 18.8. The van der Waals surface area contributed by atoms with E-state index in [2.05, 4.69) is 15.5 Å². The van der Waals surface area contributed by atoms with Gasteiger partial charge < -0.3 is 15.5 Å². The molecule has 2 aliphatic rings. The van der Waals surface area contributed by atoms with E-state index in [1.165, 1.54) is 6.07 Å². The summed E-state index contributed by atoms with van der Waals surface area (Å²) in [5, 5.41) is 5.61. The summed E-state index contributed by atoms with van der Waals surface area (Å²) < 4.78 is 39.9. The molecule has 0 unspecified atom stereocenters. The number of piperazine rings is 1. The van der Waals surface area contributed by atoms with Gasteiger partial charge in [0, 0.05) is 61.7 Å². The van der Waals surface area contributed by atoms with Crippen molar-refractivity contribution in [2.75, 3.05) is 42.9 Å². The van der Waals surface area contributed by atoms with E-state index in [9.17, 15) is 27.6 Å². The quantitative estimate of drug-likeness (QED) is 0.507. The first-order valence-electron chi connectivity index (χ1n) is 13.5. The molecule has 4 amide bonds. The molecule has 1 heterocycles. The Kier molecular flexibility index (Phi) is 8.72. The summed E-state index contributed by atoms with van der Waals surface area (Å²) in [6, 6.07) is 13.1. The van der Waals surface area contributed by atoms with Crippen LogP contribution < -0.4 is 15.5 Å². The van der Waals surface area contributed by atoms with Crippen molar-refractivity contribution >= 4 is 29.2 Å². The smallest absolute Gasteiger partial charge is 0.338 e. The highest BCUT2D eigenvalue weighted by Crippen LogP contribution is 2.31. The van der Waals surface area contributed by atoms with Gasteiger partial charge in [0.1, 0.15) is 0 Å². The summed E-state index contributed by atoms with van der Waals surface area (Å²) in [6.07, 6.45) is -2.67. The van der Waals surface area contributed by atoms with Crippen molar-refractivity contribution in [2.24, 2.45) is 5.92 Å². The second kappa shape index (κ2) is 11.9. The zero-order valence-electron chi connectivity index (χ0n) is 23.1. The van der Waals surface area contributed by atoms with Crippen LogP contribution in [0, 0.1) is 5.92 Å². The van der Waals surface area contributed by atoms with Crippen molar-refractivity contribution < 1.29 is 27.6 Å². The third-order valence-corrected chi connectivity index (χ3v) is 6.99. The van der Waals surface area contributed by atoms with Gasteiger partial charge in [0.25, 0.3) is 5.91 Å². The highest BCUT2D eigenvalue weighted by Gasteiger charge is 2.46. The molecule has 8 nitrogen and oxygen atoms in total. The molecule has 0 bridgehead atoms. The number of amides is 4. The van der Waals surface area contributed by atoms with Crippen molar-refractivity contribution in [3.8, 4) is 0 Å². The zero-order chi connectivity index (χ0) is 29.1. The summed E-state index contributed by atoms with van der Waals surface area (Å²) >= 11 is 0. The minimum absolute atomic E-state index is 0.0992. The molecule has 0 spiro atoms. The second-order valence-corrected chi connectivity index (χ2v) is 11.4. The van der Waals surface area contributed by atoms with Crippen LogP contribution in [0.4, 0.5) is 29.3 Å². The highest BCUT2D eigenvalue weighted by atomic mass is 19.4. The highest BCUT2D eigenvalue weighted by molar-refractivity contribution is 5.98. The molecule has 2 aromatic rings. The van der Waals surface area contributed by atoms with Gasteiger partial charge in [-0.2, -0.15) is 13.2 Å². The second-order valence-electron chi connectivity index (χ2n) is 11.4. The lowest BCUT2D eigenvalue weighted by Gasteiger charge is -2.37. The van der Waals surface area contributed by atoms with Gasteiger partial charge in [-0.3, -0.25) is 19.4 Å². The molecule has 0 radical (unpaired) electrons. The van der Waals surface area contributed by atoms with Gasteiger partial charge in [0.05, 0.1) is 0 Å². The molecule has 1 aliphatic carbocycles. The molecule has 11 heteroatoms. The molecule has 4 rings (SSSR count). The number of alkyl halides is 3. The largest absolute Gasteiger partial charge is 0.471 e. The number of carbonyl (C=O) groups is 3. The summed E-state index contributed by atoms with van der Waals surface area (Å²) in [7, 11) is 0. The number of carbonyl (C=O) groups excluding carboxylic acids is 3. The third-order valence-electron chi connectivity index (χ3n) is 6.99. The maximum absolute atomic E-state index is 13.3. The van der Waals surface area contributed by atoms with E-state index < -0.39 is 17.6 Å². The minimum Gasteiger partial charge on any atom is -0.338 e. The summed E-state index contributed by atoms with van der Waals surface area (Å²) in [5.74, 6) is -1.41. The number of hydrogen-bond acceptors (Lipinski definition) is 4. The van der Waals surface area contributed by atoms with E-state index in [4.69, 9.17) is 0 Å². The lowest BCUT2D eigenvalue weighted by molar-refractivity contribution is -0.171. The van der Waals surface area contributed by atoms with Crippen LogP contribution in [-0.2, 0) is 11.3 Å². The van der Waals surface area contributed by atoms with E-state index in [-0.39, 0.29) is 17.6 Å². The molecule has 40 heavy (non-hydrogen) atoms. The fourth-order valence-corrected chi connectivity index (χ4v) is 4.71. The van der Waals surface area contributed by atoms with Gasteiger partial charge in [0.15, 0.2) is 0 Å². The van der Waals surface area contributed by atoms with Crippen molar-refractivity contribution in [2.45, 2.75) is 51.9 Å². The number of nitrogens with zero attached hydrogens (tertiary/aromatic N) is 3. The lowest BCUT2D eigenvalue weighted by Crippen LogP contribution is -2.51. The molecular weight excluding hydrogens is 523 g/mol. The maximum atomic E-state index is 13.3. The van der Waals surface area contributed by atoms with Crippen LogP contribution in [0.5, 0.6) is 0 Å². The van der Waals surface area contributed by atoms with Crippen LogP contribution >= 0.6 is 0 Å². The number of hydrogen-bond donors (Lipinski definition) is 2. The van der Waals surface area contributed by atoms with Gasteiger partial charge in [-0.25, -0.2) is 4.79 Å². The predicted octanol–water partition coefficient (Wildman–Crippen LogP) is 4.87. The van der Waals surface area contributed by atoms with E-state index >= 15 is 0 Å². The first kappa shape index (κ1) is 29.4. The van der Waals surface area contributed by atoms with Gasteiger partial charge in [-0.1, -0.05) is 12.1 Å². The fraction of sp³-hybridized carbons (Fsp3) is 0.483. The Bertz CT molecular complexity index is 1210. The number of benzene rings is 2. The van der Waals surface area contributed by atoms with Crippen molar-refractivity contribution in [1.82, 2.24) is 15.1 Å². The fourth-order valence-electron chi connectivity index (χ4n) is 4.71. The standard InChI is InChI=1S/C29H36F3N5O3/c1-28(2,3)37(26(39)29(30,31)32)24-6-4-5-21(17-24)19-35-13-15-36(16-14-35)25(38)22-9-11-23(12-10-22)34-27(40)33-18-20-7-8-20/h4-6,9-12,17,20H,7-8,13-16,18-19H2,1-3H3,(H2,33,34,40). The lowest BCUT2D eigenvalue weighted by atomic mass is 10.0. The van der Waals surface area contributed by atoms with Crippen LogP contribution in [0.25, 0.3) is 0 Å². The Morgan fingerprint density at radius 3 is 2.17 bits per heavy atom. The summed E-state index contributed by atoms with van der Waals surface area (Å²) in [4.78, 5) is 41.9. The van der Waals surface area contributed by atoms with Gasteiger partial charge in [-0.15, -0.1) is 0 Å². The van der Waals surface area contributed by atoms with Crippen LogP contribution in [0.15, 0.2) is 48.5 Å². The Balaban J connectivity index is 1.31. The van der Waals surface area contributed by atoms with Crippen LogP contribution in [0.3, 0.4) is 0 Å². The van der Waals surface area contributed by atoms with E-state index in [1.54, 1.807) is 62.1 Å². The van der Waals surface area contributed by atoms with Gasteiger partial charge >= 0.3 is 18.1 Å². The Labute approximate surface area is 232 Å². The summed E-state index contributed by atoms with van der Waals surface area (Å²) in [5.41, 5.74) is 1.05. The van der Waals surface area contributed by atoms with Crippen LogP contribution in [0.1, 0.15) is 49.5 Å². The SMILES string of the molecule is CC(C)(C)N(C(=O)C(F)(F)F)c1cccc(CN2CCN(C(=O)c3ccc(NC(=O)NCC4CC4)cc3)CC2)c1. The molecule has 2 aromatic carbocycles. The molecule has 0 atom stereocenters. The van der Waals surface area contributed by atoms with E-state index in [0.717, 1.165) is 23.3 Å². The van der Waals surface area contributed by atoms with Crippen molar-refractivity contribution in [1.29, 1.82) is 0 Å². The zero-order valence-corrected chi connectivity index (χ0v) is 23.1. The average Bonchev–Trinajstić information content (AvgIpc) is 3.72. The maximum Gasteiger partial charge on any atom is 0.471 e. The Morgan fingerprint density at radius 1 is 0.950 bits per heavy atom. The predicted molar refractivity (Wildman–Crippen MR) is 147 cm³/mol. The van der Waals surface area contributed by atoms with Crippen molar-refractivity contribution in [3.63, 3.8) is 0 Å². The molecule has 2 fully saturated rings. The number of nitrogens with one attached hydrogen (secondary N) is 2. The molecule has 1 saturated carbocycles. The number of halogens is 3. The number of anilines is 2. The average molecular weight is 560 g/mol. The summed E-state index contributed by atoms with van der Waals surface area (Å²) in [6.45, 7) is 8.06. The Morgan fingerprint density at radius 2 is 1.60 bits per heavy atom. The molecule has 2 N–H and O–H groups in total. The molecule has 1 saturated heterocycles. The van der Waals surface area contributed by atoms with Crippen molar-refractivity contribution in [3.05, 3.63) is 59.7 Å². The van der Waals surface area contributed by atoms with Crippen LogP contribution in [-0.4, -0.2) is 72.1 Å². The molecular formula is C29H36F3N5O3.